The van der Waals surface area contributed by atoms with E-state index in [4.69, 9.17) is 9.68 Å². The third-order valence-electron chi connectivity index (χ3n) is 3.63. The van der Waals surface area contributed by atoms with Crippen molar-refractivity contribution in [1.82, 2.24) is 10.3 Å². The lowest BCUT2D eigenvalue weighted by atomic mass is 9.98. The highest BCUT2D eigenvalue weighted by Gasteiger charge is 2.19. The molecule has 0 saturated carbocycles. The highest BCUT2D eigenvalue weighted by molar-refractivity contribution is 7.13. The molecule has 0 spiro atoms. The van der Waals surface area contributed by atoms with Crippen molar-refractivity contribution >= 4 is 28.7 Å². The van der Waals surface area contributed by atoms with E-state index in [1.165, 1.54) is 7.11 Å². The lowest BCUT2D eigenvalue weighted by Crippen LogP contribution is -2.29. The van der Waals surface area contributed by atoms with Crippen LogP contribution in [0.4, 0.5) is 0 Å². The number of carbonyl (C=O) groups excluding carboxylic acids is 1. The van der Waals surface area contributed by atoms with Crippen LogP contribution in [-0.4, -0.2) is 36.5 Å². The van der Waals surface area contributed by atoms with Crippen LogP contribution in [0.5, 0.6) is 0 Å². The normalized spacial score (nSPS) is 11.4. The summed E-state index contributed by atoms with van der Waals surface area (Å²) in [7, 11) is 2.95. The SMILES string of the molecule is CC.CNC(=O)/C(=N/OC)c1cccc(C)c1CO/N=C(\C)c1ncc(C)s1. The Bertz CT molecular complexity index is 844. The van der Waals surface area contributed by atoms with Crippen LogP contribution in [0, 0.1) is 13.8 Å². The van der Waals surface area contributed by atoms with E-state index in [1.807, 2.05) is 46.8 Å². The van der Waals surface area contributed by atoms with E-state index in [0.29, 0.717) is 11.3 Å². The summed E-state index contributed by atoms with van der Waals surface area (Å²) in [6.07, 6.45) is 1.80. The maximum Gasteiger partial charge on any atom is 0.273 e. The minimum absolute atomic E-state index is 0.188. The number of aryl methyl sites for hydroxylation is 2. The molecule has 1 N–H and O–H groups in total. The molecule has 152 valence electrons. The van der Waals surface area contributed by atoms with E-state index in [1.54, 1.807) is 30.6 Å². The van der Waals surface area contributed by atoms with E-state index in [2.05, 4.69) is 20.6 Å². The molecule has 0 saturated heterocycles. The summed E-state index contributed by atoms with van der Waals surface area (Å²) in [6, 6.07) is 5.60. The van der Waals surface area contributed by atoms with Gasteiger partial charge in [-0.25, -0.2) is 4.98 Å². The zero-order chi connectivity index (χ0) is 21.1. The second kappa shape index (κ2) is 11.9. The Labute approximate surface area is 170 Å². The minimum Gasteiger partial charge on any atom is -0.398 e. The molecular weight excluding hydrogens is 376 g/mol. The number of hydrogen-bond acceptors (Lipinski definition) is 7. The predicted molar refractivity (Wildman–Crippen MR) is 114 cm³/mol. The van der Waals surface area contributed by atoms with Gasteiger partial charge in [0.2, 0.25) is 0 Å². The summed E-state index contributed by atoms with van der Waals surface area (Å²) in [5.74, 6) is -0.336. The summed E-state index contributed by atoms with van der Waals surface area (Å²) in [5.41, 5.74) is 3.32. The molecule has 0 aliphatic heterocycles. The van der Waals surface area contributed by atoms with Gasteiger partial charge >= 0.3 is 0 Å². The molecule has 0 fully saturated rings. The molecule has 0 radical (unpaired) electrons. The molecule has 2 rings (SSSR count). The standard InChI is InChI=1S/C18H22N4O3S.C2H6/c1-11-7-6-8-14(16(22-24-5)17(23)19-4)15(11)10-25-21-13(3)18-20-9-12(2)26-18;1-2/h6-9H,10H2,1-5H3,(H,19,23);1-2H3/b21-13+,22-16+;. The maximum absolute atomic E-state index is 12.1. The number of likely N-dealkylation sites (N-methyl/N-ethyl adjacent to an activating group) is 1. The van der Waals surface area contributed by atoms with Crippen LogP contribution in [-0.2, 0) is 21.1 Å². The summed E-state index contributed by atoms with van der Waals surface area (Å²) in [4.78, 5) is 27.9. The zero-order valence-corrected chi connectivity index (χ0v) is 18.3. The first-order valence-electron chi connectivity index (χ1n) is 8.99. The van der Waals surface area contributed by atoms with Gasteiger partial charge in [0, 0.05) is 29.2 Å². The topological polar surface area (TPSA) is 85.2 Å². The van der Waals surface area contributed by atoms with Crippen molar-refractivity contribution < 1.29 is 14.5 Å². The minimum atomic E-state index is -0.336. The van der Waals surface area contributed by atoms with Gasteiger partial charge in [-0.15, -0.1) is 11.3 Å². The molecule has 0 aliphatic carbocycles. The van der Waals surface area contributed by atoms with Crippen molar-refractivity contribution in [2.75, 3.05) is 14.2 Å². The number of amides is 1. The number of rotatable bonds is 7. The molecule has 1 heterocycles. The summed E-state index contributed by atoms with van der Waals surface area (Å²) in [5, 5.41) is 11.4. The molecule has 1 aromatic carbocycles. The summed E-state index contributed by atoms with van der Waals surface area (Å²) < 4.78 is 0. The number of nitrogens with one attached hydrogen (secondary N) is 1. The van der Waals surface area contributed by atoms with Crippen LogP contribution in [0.2, 0.25) is 0 Å². The van der Waals surface area contributed by atoms with Crippen molar-refractivity contribution in [1.29, 1.82) is 0 Å². The molecule has 8 heteroatoms. The third kappa shape index (κ3) is 6.16. The predicted octanol–water partition coefficient (Wildman–Crippen LogP) is 3.82. The summed E-state index contributed by atoms with van der Waals surface area (Å²) in [6.45, 7) is 9.98. The van der Waals surface area contributed by atoms with Gasteiger partial charge in [0.15, 0.2) is 5.71 Å². The molecule has 28 heavy (non-hydrogen) atoms. The van der Waals surface area contributed by atoms with Gasteiger partial charge in [-0.1, -0.05) is 42.4 Å². The van der Waals surface area contributed by atoms with E-state index < -0.39 is 0 Å². The van der Waals surface area contributed by atoms with Crippen molar-refractivity contribution in [3.8, 4) is 0 Å². The molecule has 0 atom stereocenters. The molecule has 7 nitrogen and oxygen atoms in total. The molecule has 0 bridgehead atoms. The number of benzene rings is 1. The largest absolute Gasteiger partial charge is 0.398 e. The Kier molecular flexibility index (Phi) is 9.87. The third-order valence-corrected chi connectivity index (χ3v) is 4.65. The van der Waals surface area contributed by atoms with Gasteiger partial charge in [0.1, 0.15) is 24.4 Å². The molecule has 2 aromatic rings. The monoisotopic (exact) mass is 404 g/mol. The smallest absolute Gasteiger partial charge is 0.273 e. The molecule has 0 aliphatic rings. The van der Waals surface area contributed by atoms with Crippen molar-refractivity contribution in [2.45, 2.75) is 41.2 Å². The number of carbonyl (C=O) groups is 1. The Hall–Kier alpha value is -2.74. The van der Waals surface area contributed by atoms with E-state index in [0.717, 1.165) is 21.0 Å². The number of aromatic nitrogens is 1. The Morgan fingerprint density at radius 1 is 1.25 bits per heavy atom. The van der Waals surface area contributed by atoms with Gasteiger partial charge < -0.3 is 15.0 Å². The van der Waals surface area contributed by atoms with Gasteiger partial charge in [-0.3, -0.25) is 4.79 Å². The average molecular weight is 405 g/mol. The molecular formula is C20H28N4O3S. The maximum atomic E-state index is 12.1. The highest BCUT2D eigenvalue weighted by atomic mass is 32.1. The second-order valence-electron chi connectivity index (χ2n) is 5.53. The lowest BCUT2D eigenvalue weighted by molar-refractivity contribution is -0.114. The lowest BCUT2D eigenvalue weighted by Gasteiger charge is -2.12. The average Bonchev–Trinajstić information content (AvgIpc) is 3.15. The Balaban J connectivity index is 0.00000190. The van der Waals surface area contributed by atoms with Crippen molar-refractivity contribution in [3.63, 3.8) is 0 Å². The first kappa shape index (κ1) is 23.3. The molecule has 1 amide bonds. The summed E-state index contributed by atoms with van der Waals surface area (Å²) >= 11 is 1.56. The van der Waals surface area contributed by atoms with Gasteiger partial charge in [0.05, 0.1) is 0 Å². The number of thiazole rings is 1. The Morgan fingerprint density at radius 2 is 1.96 bits per heavy atom. The quantitative estimate of drug-likeness (QED) is 0.561. The first-order chi connectivity index (χ1) is 13.5. The fourth-order valence-corrected chi connectivity index (χ4v) is 2.99. The second-order valence-corrected chi connectivity index (χ2v) is 6.76. The fourth-order valence-electron chi connectivity index (χ4n) is 2.29. The van der Waals surface area contributed by atoms with E-state index >= 15 is 0 Å². The fraction of sp³-hybridized carbons (Fsp3) is 0.400. The number of oxime groups is 2. The molecule has 0 unspecified atom stereocenters. The van der Waals surface area contributed by atoms with Crippen LogP contribution >= 0.6 is 11.3 Å². The van der Waals surface area contributed by atoms with Gasteiger partial charge in [-0.05, 0) is 26.3 Å². The van der Waals surface area contributed by atoms with Gasteiger partial charge in [0.25, 0.3) is 5.91 Å². The van der Waals surface area contributed by atoms with E-state index in [-0.39, 0.29) is 18.2 Å². The molecule has 1 aromatic heterocycles. The zero-order valence-electron chi connectivity index (χ0n) is 17.5. The van der Waals surface area contributed by atoms with Crippen molar-refractivity contribution in [3.05, 3.63) is 51.0 Å². The van der Waals surface area contributed by atoms with Crippen LogP contribution in [0.15, 0.2) is 34.7 Å². The number of nitrogens with zero attached hydrogens (tertiary/aromatic N) is 3. The van der Waals surface area contributed by atoms with Crippen molar-refractivity contribution in [2.24, 2.45) is 10.3 Å². The van der Waals surface area contributed by atoms with Crippen LogP contribution in [0.25, 0.3) is 0 Å². The van der Waals surface area contributed by atoms with Crippen LogP contribution in [0.3, 0.4) is 0 Å². The number of hydrogen-bond donors (Lipinski definition) is 1. The highest BCUT2D eigenvalue weighted by Crippen LogP contribution is 2.18. The Morgan fingerprint density at radius 3 is 2.54 bits per heavy atom. The van der Waals surface area contributed by atoms with E-state index in [9.17, 15) is 4.79 Å². The van der Waals surface area contributed by atoms with Crippen LogP contribution in [0.1, 0.15) is 47.3 Å². The van der Waals surface area contributed by atoms with Crippen LogP contribution < -0.4 is 5.32 Å². The van der Waals surface area contributed by atoms with Gasteiger partial charge in [-0.2, -0.15) is 0 Å². The first-order valence-corrected chi connectivity index (χ1v) is 9.81.